The maximum Gasteiger partial charge on any atom is 0.251 e. The number of benzene rings is 1. The van der Waals surface area contributed by atoms with Crippen LogP contribution in [0.15, 0.2) is 24.3 Å². The van der Waals surface area contributed by atoms with Crippen LogP contribution in [-0.4, -0.2) is 19.5 Å². The summed E-state index contributed by atoms with van der Waals surface area (Å²) in [6.45, 7) is 3.35. The molecule has 110 valence electrons. The minimum absolute atomic E-state index is 0.0328. The summed E-state index contributed by atoms with van der Waals surface area (Å²) in [5, 5.41) is 6.15. The Morgan fingerprint density at radius 1 is 1.20 bits per heavy atom. The molecule has 20 heavy (non-hydrogen) atoms. The number of nitrogens with one attached hydrogen (secondary N) is 2. The molecule has 1 saturated carbocycles. The van der Waals surface area contributed by atoms with Gasteiger partial charge in [0.05, 0.1) is 0 Å². The first-order chi connectivity index (χ1) is 9.72. The molecule has 0 saturated heterocycles. The third-order valence-electron chi connectivity index (χ3n) is 4.44. The van der Waals surface area contributed by atoms with Crippen LogP contribution in [-0.2, 0) is 0 Å². The number of carbonyl (C=O) groups is 1. The van der Waals surface area contributed by atoms with Gasteiger partial charge in [-0.25, -0.2) is 0 Å². The molecule has 1 fully saturated rings. The van der Waals surface area contributed by atoms with E-state index in [9.17, 15) is 4.79 Å². The predicted octanol–water partition coefficient (Wildman–Crippen LogP) is 3.67. The molecule has 1 amide bonds. The molecular weight excluding hydrogens is 248 g/mol. The Kier molecular flexibility index (Phi) is 5.45. The van der Waals surface area contributed by atoms with Crippen molar-refractivity contribution >= 4 is 11.6 Å². The first-order valence-electron chi connectivity index (χ1n) is 7.79. The summed E-state index contributed by atoms with van der Waals surface area (Å²) < 4.78 is 0. The zero-order valence-corrected chi connectivity index (χ0v) is 12.6. The van der Waals surface area contributed by atoms with Crippen molar-refractivity contribution in [2.45, 2.75) is 39.0 Å². The van der Waals surface area contributed by atoms with Gasteiger partial charge in [0.1, 0.15) is 0 Å². The summed E-state index contributed by atoms with van der Waals surface area (Å²) >= 11 is 0. The number of rotatable bonds is 5. The molecule has 1 aromatic carbocycles. The summed E-state index contributed by atoms with van der Waals surface area (Å²) in [7, 11) is 1.65. The lowest BCUT2D eigenvalue weighted by atomic mass is 9.80. The van der Waals surface area contributed by atoms with Crippen LogP contribution in [0.25, 0.3) is 0 Å². The summed E-state index contributed by atoms with van der Waals surface area (Å²) in [6, 6.07) is 7.73. The van der Waals surface area contributed by atoms with E-state index in [2.05, 4.69) is 17.6 Å². The van der Waals surface area contributed by atoms with Crippen molar-refractivity contribution in [1.82, 2.24) is 5.32 Å². The highest BCUT2D eigenvalue weighted by Gasteiger charge is 2.20. The first kappa shape index (κ1) is 14.9. The quantitative estimate of drug-likeness (QED) is 0.860. The van der Waals surface area contributed by atoms with E-state index >= 15 is 0 Å². The Bertz CT molecular complexity index is 427. The van der Waals surface area contributed by atoms with Gasteiger partial charge in [0.25, 0.3) is 5.91 Å². The van der Waals surface area contributed by atoms with Crippen LogP contribution < -0.4 is 10.6 Å². The molecule has 0 radical (unpaired) electrons. The maximum atomic E-state index is 11.5. The molecule has 2 atom stereocenters. The lowest BCUT2D eigenvalue weighted by Crippen LogP contribution is -2.22. The molecule has 3 heteroatoms. The fourth-order valence-corrected chi connectivity index (χ4v) is 3.10. The van der Waals surface area contributed by atoms with E-state index in [4.69, 9.17) is 0 Å². The number of hydrogen-bond acceptors (Lipinski definition) is 2. The number of amides is 1. The van der Waals surface area contributed by atoms with Crippen LogP contribution in [0.5, 0.6) is 0 Å². The van der Waals surface area contributed by atoms with Crippen molar-refractivity contribution in [3.63, 3.8) is 0 Å². The van der Waals surface area contributed by atoms with E-state index in [0.717, 1.165) is 24.1 Å². The van der Waals surface area contributed by atoms with Crippen molar-refractivity contribution in [3.8, 4) is 0 Å². The van der Waals surface area contributed by atoms with E-state index in [1.807, 2.05) is 24.3 Å². The molecule has 2 rings (SSSR count). The van der Waals surface area contributed by atoms with Gasteiger partial charge in [-0.2, -0.15) is 0 Å². The number of anilines is 1. The van der Waals surface area contributed by atoms with Gasteiger partial charge >= 0.3 is 0 Å². The van der Waals surface area contributed by atoms with E-state index in [1.165, 1.54) is 32.1 Å². The Labute approximate surface area is 122 Å². The second-order valence-corrected chi connectivity index (χ2v) is 5.84. The zero-order valence-electron chi connectivity index (χ0n) is 12.6. The lowest BCUT2D eigenvalue weighted by molar-refractivity contribution is 0.0963. The number of hydrogen-bond donors (Lipinski definition) is 2. The largest absolute Gasteiger partial charge is 0.385 e. The zero-order chi connectivity index (χ0) is 14.4. The van der Waals surface area contributed by atoms with Crippen LogP contribution in [0.2, 0.25) is 0 Å². The smallest absolute Gasteiger partial charge is 0.251 e. The van der Waals surface area contributed by atoms with Gasteiger partial charge in [-0.3, -0.25) is 4.79 Å². The molecule has 0 aromatic heterocycles. The fourth-order valence-electron chi connectivity index (χ4n) is 3.10. The Morgan fingerprint density at radius 2 is 1.90 bits per heavy atom. The van der Waals surface area contributed by atoms with Crippen molar-refractivity contribution < 1.29 is 4.79 Å². The highest BCUT2D eigenvalue weighted by atomic mass is 16.1. The summed E-state index contributed by atoms with van der Waals surface area (Å²) in [5.41, 5.74) is 1.82. The van der Waals surface area contributed by atoms with Crippen LogP contribution in [0.4, 0.5) is 5.69 Å². The van der Waals surface area contributed by atoms with Gasteiger partial charge in [0, 0.05) is 24.8 Å². The molecule has 1 aromatic rings. The van der Waals surface area contributed by atoms with Crippen LogP contribution in [0.1, 0.15) is 49.4 Å². The molecule has 1 aliphatic carbocycles. The molecule has 0 unspecified atom stereocenters. The molecular formula is C17H26N2O. The second kappa shape index (κ2) is 7.32. The average molecular weight is 274 g/mol. The van der Waals surface area contributed by atoms with Crippen molar-refractivity contribution in [2.24, 2.45) is 11.8 Å². The van der Waals surface area contributed by atoms with Crippen LogP contribution >= 0.6 is 0 Å². The van der Waals surface area contributed by atoms with Crippen LogP contribution in [0.3, 0.4) is 0 Å². The van der Waals surface area contributed by atoms with Gasteiger partial charge in [-0.05, 0) is 48.9 Å². The average Bonchev–Trinajstić information content (AvgIpc) is 2.53. The van der Waals surface area contributed by atoms with Gasteiger partial charge in [0.2, 0.25) is 0 Å². The van der Waals surface area contributed by atoms with Gasteiger partial charge in [-0.15, -0.1) is 0 Å². The van der Waals surface area contributed by atoms with Gasteiger partial charge in [0.15, 0.2) is 0 Å². The van der Waals surface area contributed by atoms with E-state index in [1.54, 1.807) is 7.05 Å². The fraction of sp³-hybridized carbons (Fsp3) is 0.588. The SMILES string of the molecule is CC[C@H]1CCC[C@H](CNc2ccc(C(=O)NC)cc2)C1. The Hall–Kier alpha value is -1.51. The highest BCUT2D eigenvalue weighted by Crippen LogP contribution is 2.31. The third-order valence-corrected chi connectivity index (χ3v) is 4.44. The highest BCUT2D eigenvalue weighted by molar-refractivity contribution is 5.94. The molecule has 0 heterocycles. The van der Waals surface area contributed by atoms with E-state index < -0.39 is 0 Å². The molecule has 0 bridgehead atoms. The summed E-state index contributed by atoms with van der Waals surface area (Å²) in [6.07, 6.45) is 6.81. The molecule has 3 nitrogen and oxygen atoms in total. The predicted molar refractivity (Wildman–Crippen MR) is 84.1 cm³/mol. The number of carbonyl (C=O) groups excluding carboxylic acids is 1. The standard InChI is InChI=1S/C17H26N2O/c1-3-13-5-4-6-14(11-13)12-19-16-9-7-15(8-10-16)17(20)18-2/h7-10,13-14,19H,3-6,11-12H2,1-2H3,(H,18,20)/t13-,14-/m0/s1. The van der Waals surface area contributed by atoms with Crippen molar-refractivity contribution in [1.29, 1.82) is 0 Å². The van der Waals surface area contributed by atoms with Gasteiger partial charge in [-0.1, -0.05) is 26.2 Å². The lowest BCUT2D eigenvalue weighted by Gasteiger charge is -2.28. The maximum absolute atomic E-state index is 11.5. The molecule has 0 aliphatic heterocycles. The normalized spacial score (nSPS) is 22.3. The first-order valence-corrected chi connectivity index (χ1v) is 7.79. The van der Waals surface area contributed by atoms with Crippen LogP contribution in [0, 0.1) is 11.8 Å². The third kappa shape index (κ3) is 3.99. The topological polar surface area (TPSA) is 41.1 Å². The minimum atomic E-state index is -0.0328. The van der Waals surface area contributed by atoms with Gasteiger partial charge < -0.3 is 10.6 Å². The molecule has 0 spiro atoms. The summed E-state index contributed by atoms with van der Waals surface area (Å²) in [5.74, 6) is 1.69. The summed E-state index contributed by atoms with van der Waals surface area (Å²) in [4.78, 5) is 11.5. The van der Waals surface area contributed by atoms with E-state index in [-0.39, 0.29) is 5.91 Å². The Morgan fingerprint density at radius 3 is 2.55 bits per heavy atom. The van der Waals surface area contributed by atoms with E-state index in [0.29, 0.717) is 5.56 Å². The van der Waals surface area contributed by atoms with Crippen molar-refractivity contribution in [3.05, 3.63) is 29.8 Å². The minimum Gasteiger partial charge on any atom is -0.385 e. The Balaban J connectivity index is 1.83. The molecule has 2 N–H and O–H groups in total. The van der Waals surface area contributed by atoms with Crippen molar-refractivity contribution in [2.75, 3.05) is 18.9 Å². The molecule has 1 aliphatic rings. The second-order valence-electron chi connectivity index (χ2n) is 5.84. The monoisotopic (exact) mass is 274 g/mol.